The van der Waals surface area contributed by atoms with E-state index in [0.717, 1.165) is 28.1 Å². The number of hydrogen-bond acceptors (Lipinski definition) is 6. The van der Waals surface area contributed by atoms with Gasteiger partial charge in [0.05, 0.1) is 17.8 Å². The van der Waals surface area contributed by atoms with E-state index in [1.807, 2.05) is 48.2 Å². The van der Waals surface area contributed by atoms with E-state index in [-0.39, 0.29) is 13.5 Å². The van der Waals surface area contributed by atoms with Crippen LogP contribution >= 0.6 is 23.1 Å². The molecule has 188 valence electrons. The molecular formula is C27H34N2O4S2. The molecular weight excluding hydrogens is 480 g/mol. The van der Waals surface area contributed by atoms with Crippen LogP contribution in [0.4, 0.5) is 5.69 Å². The van der Waals surface area contributed by atoms with Crippen molar-refractivity contribution in [1.82, 2.24) is 4.98 Å². The number of H-pyrrole nitrogens is 1. The number of aromatic nitrogens is 1. The van der Waals surface area contributed by atoms with Crippen LogP contribution in [0.1, 0.15) is 44.3 Å². The average Bonchev–Trinajstić information content (AvgIpc) is 3.60. The van der Waals surface area contributed by atoms with Crippen LogP contribution in [0.2, 0.25) is 0 Å². The molecule has 2 heterocycles. The van der Waals surface area contributed by atoms with E-state index >= 15 is 0 Å². The molecule has 2 bridgehead atoms. The van der Waals surface area contributed by atoms with Crippen LogP contribution in [0.25, 0.3) is 0 Å². The zero-order valence-corrected chi connectivity index (χ0v) is 21.5. The first-order valence-corrected chi connectivity index (χ1v) is 13.5. The average molecular weight is 515 g/mol. The Morgan fingerprint density at radius 3 is 2.29 bits per heavy atom. The lowest BCUT2D eigenvalue weighted by molar-refractivity contribution is -0.112. The third-order valence-electron chi connectivity index (χ3n) is 6.85. The van der Waals surface area contributed by atoms with Crippen LogP contribution in [-0.4, -0.2) is 29.5 Å². The third kappa shape index (κ3) is 6.12. The minimum absolute atomic E-state index is 0. The monoisotopic (exact) mass is 514 g/mol. The van der Waals surface area contributed by atoms with E-state index in [0.29, 0.717) is 17.7 Å². The van der Waals surface area contributed by atoms with Crippen molar-refractivity contribution in [1.29, 1.82) is 0 Å². The summed E-state index contributed by atoms with van der Waals surface area (Å²) in [5.41, 5.74) is 1.20. The minimum atomic E-state index is -0.00776. The zero-order valence-electron chi connectivity index (χ0n) is 19.9. The van der Waals surface area contributed by atoms with Crippen LogP contribution in [0.5, 0.6) is 0 Å². The molecule has 2 fully saturated rings. The molecule has 6 nitrogen and oxygen atoms in total. The Hall–Kier alpha value is -2.68. The molecule has 3 aromatic rings. The first kappa shape index (κ1) is 25.4. The highest BCUT2D eigenvalue weighted by molar-refractivity contribution is 8.00. The number of nitrogens with one attached hydrogen (secondary N) is 1. The Kier molecular flexibility index (Phi) is 8.59. The summed E-state index contributed by atoms with van der Waals surface area (Å²) in [6.07, 6.45) is 6.07. The van der Waals surface area contributed by atoms with Crippen molar-refractivity contribution in [3.63, 3.8) is 0 Å². The summed E-state index contributed by atoms with van der Waals surface area (Å²) in [4.78, 5) is 42.0. The van der Waals surface area contributed by atoms with Crippen molar-refractivity contribution in [3.8, 4) is 0 Å². The van der Waals surface area contributed by atoms with Crippen molar-refractivity contribution in [3.05, 3.63) is 80.8 Å². The van der Waals surface area contributed by atoms with Crippen molar-refractivity contribution >= 4 is 41.0 Å². The number of benzene rings is 2. The fourth-order valence-electron chi connectivity index (χ4n) is 5.19. The molecule has 6 rings (SSSR count). The Bertz CT molecular complexity index is 1120. The van der Waals surface area contributed by atoms with Gasteiger partial charge in [-0.3, -0.25) is 19.2 Å². The molecule has 3 aliphatic rings. The van der Waals surface area contributed by atoms with Gasteiger partial charge in [-0.2, -0.15) is 5.06 Å². The van der Waals surface area contributed by atoms with Gasteiger partial charge in [0.25, 0.3) is 0 Å². The fraction of sp³-hybridized carbons (Fsp3) is 0.370. The summed E-state index contributed by atoms with van der Waals surface area (Å²) >= 11 is 3.40. The molecule has 1 unspecified atom stereocenters. The van der Waals surface area contributed by atoms with Gasteiger partial charge in [0.2, 0.25) is 6.41 Å². The SMILES string of the molecule is CON(C=O)c1ccc(C(C)=O)cc1.O=c1[nH]c2c(s1)CC1[C@H]3CC[C@H](C3)[C@@H]1S2.[HH].[HH].c1ccccc1. The highest BCUT2D eigenvalue weighted by atomic mass is 32.2. The molecule has 0 spiro atoms. The van der Waals surface area contributed by atoms with Crippen molar-refractivity contribution in [2.24, 2.45) is 17.8 Å². The van der Waals surface area contributed by atoms with Gasteiger partial charge in [0, 0.05) is 18.5 Å². The number of carbonyl (C=O) groups excluding carboxylic acids is 2. The summed E-state index contributed by atoms with van der Waals surface area (Å²) in [6.45, 7) is 1.49. The zero-order chi connectivity index (χ0) is 24.8. The summed E-state index contributed by atoms with van der Waals surface area (Å²) < 4.78 is 0. The molecule has 1 aliphatic heterocycles. The topological polar surface area (TPSA) is 79.5 Å². The van der Waals surface area contributed by atoms with Crippen molar-refractivity contribution in [2.75, 3.05) is 12.2 Å². The van der Waals surface area contributed by atoms with E-state index in [4.69, 9.17) is 4.84 Å². The van der Waals surface area contributed by atoms with E-state index in [9.17, 15) is 14.4 Å². The van der Waals surface area contributed by atoms with Gasteiger partial charge < -0.3 is 4.98 Å². The van der Waals surface area contributed by atoms with Crippen molar-refractivity contribution < 1.29 is 17.3 Å². The molecule has 0 saturated heterocycles. The predicted octanol–water partition coefficient (Wildman–Crippen LogP) is 6.09. The smallest absolute Gasteiger partial charge is 0.305 e. The second-order valence-electron chi connectivity index (χ2n) is 8.92. The van der Waals surface area contributed by atoms with Crippen LogP contribution < -0.4 is 9.94 Å². The van der Waals surface area contributed by atoms with Gasteiger partial charge >= 0.3 is 4.87 Å². The molecule has 2 aromatic carbocycles. The van der Waals surface area contributed by atoms with E-state index in [1.165, 1.54) is 61.0 Å². The fourth-order valence-corrected chi connectivity index (χ4v) is 7.89. The predicted molar refractivity (Wildman–Crippen MR) is 145 cm³/mol. The third-order valence-corrected chi connectivity index (χ3v) is 9.48. The highest BCUT2D eigenvalue weighted by Gasteiger charge is 2.50. The number of Topliss-reactive ketones (excluding diaryl/α,β-unsaturated/α-hetero) is 1. The summed E-state index contributed by atoms with van der Waals surface area (Å²) in [7, 11) is 1.40. The number of anilines is 1. The van der Waals surface area contributed by atoms with E-state index < -0.39 is 0 Å². The number of nitrogens with zero attached hydrogens (tertiary/aromatic N) is 1. The number of thioether (sulfide) groups is 1. The largest absolute Gasteiger partial charge is 0.307 e. The Morgan fingerprint density at radius 1 is 1.09 bits per heavy atom. The van der Waals surface area contributed by atoms with Crippen LogP contribution in [0, 0.1) is 17.8 Å². The van der Waals surface area contributed by atoms with Crippen LogP contribution in [0.3, 0.4) is 0 Å². The number of amides is 1. The maximum atomic E-state index is 11.3. The lowest BCUT2D eigenvalue weighted by Gasteiger charge is -2.33. The molecule has 2 saturated carbocycles. The number of hydrogen-bond donors (Lipinski definition) is 1. The number of aromatic amines is 1. The standard InChI is InChI=1S/C11H13NOS2.C10H11NO3.C6H6.2H2/c13-11-12-10-8(14-11)4-7-5-1-2-6(3-5)9(7)15-10;1-8(13)9-3-5-10(6-4-9)11(7-12)14-2;1-2-4-6-5-3-1;;/h5-7,9H,1-4H2,(H,12,13);3-7H,1-2H3;1-6H;2*1H/t5-,6+,7?,9-;;;;/m0..../s1. The first-order chi connectivity index (χ1) is 17.0. The summed E-state index contributed by atoms with van der Waals surface area (Å²) in [5.74, 6) is 2.79. The molecule has 1 amide bonds. The molecule has 1 N–H and O–H groups in total. The van der Waals surface area contributed by atoms with Gasteiger partial charge in [0.1, 0.15) is 0 Å². The second-order valence-corrected chi connectivity index (χ2v) is 11.2. The van der Waals surface area contributed by atoms with Crippen LogP contribution in [0.15, 0.2) is 70.5 Å². The van der Waals surface area contributed by atoms with E-state index in [2.05, 4.69) is 4.98 Å². The molecule has 35 heavy (non-hydrogen) atoms. The first-order valence-electron chi connectivity index (χ1n) is 11.8. The molecule has 1 aromatic heterocycles. The van der Waals surface area contributed by atoms with Gasteiger partial charge in [-0.15, -0.1) is 11.8 Å². The quantitative estimate of drug-likeness (QED) is 0.259. The van der Waals surface area contributed by atoms with Crippen molar-refractivity contribution in [2.45, 2.75) is 42.9 Å². The molecule has 0 radical (unpaired) electrons. The normalized spacial score (nSPS) is 23.0. The molecule has 8 heteroatoms. The van der Waals surface area contributed by atoms with Gasteiger partial charge in [-0.05, 0) is 74.6 Å². The highest BCUT2D eigenvalue weighted by Crippen LogP contribution is 2.58. The van der Waals surface area contributed by atoms with Gasteiger partial charge in [0.15, 0.2) is 5.78 Å². The Balaban J connectivity index is 0.000000205. The molecule has 4 atom stereocenters. The lowest BCUT2D eigenvalue weighted by Crippen LogP contribution is -2.29. The van der Waals surface area contributed by atoms with Gasteiger partial charge in [-0.25, -0.2) is 0 Å². The second kappa shape index (κ2) is 11.8. The Labute approximate surface area is 216 Å². The number of rotatable bonds is 4. The summed E-state index contributed by atoms with van der Waals surface area (Å²) in [6, 6.07) is 18.6. The number of hydroxylamine groups is 1. The maximum Gasteiger partial charge on any atom is 0.305 e. The maximum absolute atomic E-state index is 11.3. The summed E-state index contributed by atoms with van der Waals surface area (Å²) in [5, 5.41) is 3.09. The number of carbonyl (C=O) groups is 2. The minimum Gasteiger partial charge on any atom is -0.307 e. The lowest BCUT2D eigenvalue weighted by atomic mass is 9.85. The van der Waals surface area contributed by atoms with E-state index in [1.54, 1.807) is 24.3 Å². The number of ketones is 1. The van der Waals surface area contributed by atoms with Gasteiger partial charge in [-0.1, -0.05) is 47.7 Å². The number of fused-ring (bicyclic) bond motifs is 6. The molecule has 2 aliphatic carbocycles. The Morgan fingerprint density at radius 2 is 1.71 bits per heavy atom. The number of thiazole rings is 1. The van der Waals surface area contributed by atoms with Crippen LogP contribution in [-0.2, 0) is 16.1 Å².